The summed E-state index contributed by atoms with van der Waals surface area (Å²) in [7, 11) is 4.16. The van der Waals surface area contributed by atoms with Gasteiger partial charge in [0.25, 0.3) is 0 Å². The molecule has 0 aliphatic rings. The molecule has 0 amide bonds. The molecule has 0 fully saturated rings. The number of rotatable bonds is 6. The molecule has 0 aliphatic heterocycles. The van der Waals surface area contributed by atoms with Gasteiger partial charge in [-0.3, -0.25) is 4.68 Å². The summed E-state index contributed by atoms with van der Waals surface area (Å²) in [4.78, 5) is 3.67. The zero-order chi connectivity index (χ0) is 15.6. The SMILES string of the molecule is CCC(N)Cc1c(C)nn(C)c1N(C)C(C)c1cccs1. The fourth-order valence-corrected chi connectivity index (χ4v) is 3.51. The molecule has 2 N–H and O–H groups in total. The summed E-state index contributed by atoms with van der Waals surface area (Å²) in [5, 5.41) is 6.73. The molecule has 116 valence electrons. The van der Waals surface area contributed by atoms with E-state index >= 15 is 0 Å². The van der Waals surface area contributed by atoms with Crippen molar-refractivity contribution in [3.63, 3.8) is 0 Å². The van der Waals surface area contributed by atoms with Crippen molar-refractivity contribution < 1.29 is 0 Å². The van der Waals surface area contributed by atoms with Gasteiger partial charge in [0.2, 0.25) is 0 Å². The molecule has 0 radical (unpaired) electrons. The monoisotopic (exact) mass is 306 g/mol. The van der Waals surface area contributed by atoms with Crippen LogP contribution in [0.25, 0.3) is 0 Å². The van der Waals surface area contributed by atoms with Gasteiger partial charge < -0.3 is 10.6 Å². The Bertz CT molecular complexity index is 573. The Balaban J connectivity index is 2.33. The van der Waals surface area contributed by atoms with E-state index in [1.807, 2.05) is 11.7 Å². The second kappa shape index (κ2) is 6.62. The topological polar surface area (TPSA) is 47.1 Å². The molecule has 5 heteroatoms. The number of hydrogen-bond acceptors (Lipinski definition) is 4. The quantitative estimate of drug-likeness (QED) is 0.891. The number of anilines is 1. The largest absolute Gasteiger partial charge is 0.352 e. The molecule has 2 atom stereocenters. The fraction of sp³-hybridized carbons (Fsp3) is 0.562. The van der Waals surface area contributed by atoms with Crippen LogP contribution in [0.4, 0.5) is 5.82 Å². The van der Waals surface area contributed by atoms with Crippen LogP contribution in [0.3, 0.4) is 0 Å². The minimum absolute atomic E-state index is 0.192. The number of thiophene rings is 1. The Hall–Kier alpha value is -1.33. The highest BCUT2D eigenvalue weighted by molar-refractivity contribution is 7.10. The molecular weight excluding hydrogens is 280 g/mol. The normalized spacial score (nSPS) is 14.2. The van der Waals surface area contributed by atoms with Crippen molar-refractivity contribution in [2.45, 2.75) is 45.7 Å². The molecule has 2 aromatic heterocycles. The van der Waals surface area contributed by atoms with Gasteiger partial charge in [-0.05, 0) is 38.1 Å². The summed E-state index contributed by atoms with van der Waals surface area (Å²) >= 11 is 1.79. The molecule has 2 heterocycles. The fourth-order valence-electron chi connectivity index (χ4n) is 2.68. The predicted octanol–water partition coefficient (Wildman–Crippen LogP) is 3.27. The van der Waals surface area contributed by atoms with Gasteiger partial charge in [-0.1, -0.05) is 13.0 Å². The lowest BCUT2D eigenvalue weighted by atomic mass is 10.0. The van der Waals surface area contributed by atoms with Crippen LogP contribution >= 0.6 is 11.3 Å². The van der Waals surface area contributed by atoms with Crippen LogP contribution in [-0.2, 0) is 13.5 Å². The zero-order valence-electron chi connectivity index (χ0n) is 13.6. The van der Waals surface area contributed by atoms with Crippen LogP contribution in [0, 0.1) is 6.92 Å². The Morgan fingerprint density at radius 1 is 1.48 bits per heavy atom. The smallest absolute Gasteiger partial charge is 0.130 e. The minimum atomic E-state index is 0.192. The van der Waals surface area contributed by atoms with Crippen molar-refractivity contribution in [1.82, 2.24) is 9.78 Å². The Kier molecular flexibility index (Phi) is 5.06. The van der Waals surface area contributed by atoms with Gasteiger partial charge in [0, 0.05) is 30.6 Å². The standard InChI is InChI=1S/C16H26N4S/c1-6-13(17)10-14-11(2)18-20(5)16(14)19(4)12(3)15-8-7-9-21-15/h7-9,12-13H,6,10,17H2,1-5H3. The van der Waals surface area contributed by atoms with E-state index in [1.165, 1.54) is 16.3 Å². The third kappa shape index (κ3) is 3.30. The maximum atomic E-state index is 6.17. The number of aryl methyl sites for hydroxylation is 2. The molecule has 0 aromatic carbocycles. The molecule has 21 heavy (non-hydrogen) atoms. The van der Waals surface area contributed by atoms with E-state index in [1.54, 1.807) is 11.3 Å². The second-order valence-corrected chi connectivity index (χ2v) is 6.67. The van der Waals surface area contributed by atoms with Gasteiger partial charge in [0.1, 0.15) is 5.82 Å². The Morgan fingerprint density at radius 3 is 2.76 bits per heavy atom. The van der Waals surface area contributed by atoms with E-state index in [-0.39, 0.29) is 6.04 Å². The molecule has 0 saturated carbocycles. The van der Waals surface area contributed by atoms with E-state index in [9.17, 15) is 0 Å². The van der Waals surface area contributed by atoms with Crippen LogP contribution in [0.2, 0.25) is 0 Å². The van der Waals surface area contributed by atoms with Gasteiger partial charge in [-0.2, -0.15) is 5.10 Å². The van der Waals surface area contributed by atoms with Crippen LogP contribution in [-0.4, -0.2) is 22.9 Å². The van der Waals surface area contributed by atoms with Gasteiger partial charge >= 0.3 is 0 Å². The lowest BCUT2D eigenvalue weighted by Gasteiger charge is -2.27. The minimum Gasteiger partial charge on any atom is -0.352 e. The van der Waals surface area contributed by atoms with Crippen molar-refractivity contribution in [1.29, 1.82) is 0 Å². The molecule has 2 aromatic rings. The maximum Gasteiger partial charge on any atom is 0.130 e. The average Bonchev–Trinajstić information content (AvgIpc) is 3.06. The van der Waals surface area contributed by atoms with E-state index in [4.69, 9.17) is 5.73 Å². The van der Waals surface area contributed by atoms with Crippen molar-refractivity contribution in [3.8, 4) is 0 Å². The van der Waals surface area contributed by atoms with Crippen LogP contribution in [0.15, 0.2) is 17.5 Å². The van der Waals surface area contributed by atoms with Crippen LogP contribution in [0.5, 0.6) is 0 Å². The van der Waals surface area contributed by atoms with Gasteiger partial charge in [-0.15, -0.1) is 11.3 Å². The first kappa shape index (κ1) is 16.0. The van der Waals surface area contributed by atoms with E-state index in [0.717, 1.165) is 18.5 Å². The highest BCUT2D eigenvalue weighted by Crippen LogP contribution is 2.32. The van der Waals surface area contributed by atoms with Crippen LogP contribution in [0.1, 0.15) is 42.4 Å². The van der Waals surface area contributed by atoms with E-state index < -0.39 is 0 Å². The Morgan fingerprint density at radius 2 is 2.19 bits per heavy atom. The number of hydrogen-bond donors (Lipinski definition) is 1. The Labute approximate surface area is 131 Å². The van der Waals surface area contributed by atoms with Crippen molar-refractivity contribution in [2.24, 2.45) is 12.8 Å². The second-order valence-electron chi connectivity index (χ2n) is 5.69. The summed E-state index contributed by atoms with van der Waals surface area (Å²) < 4.78 is 1.98. The highest BCUT2D eigenvalue weighted by Gasteiger charge is 2.22. The third-order valence-electron chi connectivity index (χ3n) is 4.17. The molecular formula is C16H26N4S. The molecule has 4 nitrogen and oxygen atoms in total. The van der Waals surface area contributed by atoms with Gasteiger partial charge in [0.05, 0.1) is 11.7 Å². The number of nitrogens with zero attached hydrogens (tertiary/aromatic N) is 3. The first-order valence-electron chi connectivity index (χ1n) is 7.50. The molecule has 2 unspecified atom stereocenters. The maximum absolute atomic E-state index is 6.17. The summed E-state index contributed by atoms with van der Waals surface area (Å²) in [5.41, 5.74) is 8.53. The molecule has 0 bridgehead atoms. The summed E-state index contributed by atoms with van der Waals surface area (Å²) in [6, 6.07) is 4.81. The lowest BCUT2D eigenvalue weighted by molar-refractivity contribution is 0.636. The van der Waals surface area contributed by atoms with Gasteiger partial charge in [-0.25, -0.2) is 0 Å². The molecule has 0 aliphatic carbocycles. The molecule has 0 spiro atoms. The van der Waals surface area contributed by atoms with Crippen molar-refractivity contribution in [2.75, 3.05) is 11.9 Å². The summed E-state index contributed by atoms with van der Waals surface area (Å²) in [5.74, 6) is 1.18. The number of aromatic nitrogens is 2. The zero-order valence-corrected chi connectivity index (χ0v) is 14.4. The van der Waals surface area contributed by atoms with Crippen LogP contribution < -0.4 is 10.6 Å². The van der Waals surface area contributed by atoms with Crippen molar-refractivity contribution >= 4 is 17.2 Å². The molecule has 2 rings (SSSR count). The third-order valence-corrected chi connectivity index (χ3v) is 5.22. The number of nitrogens with two attached hydrogens (primary N) is 1. The van der Waals surface area contributed by atoms with Crippen molar-refractivity contribution in [3.05, 3.63) is 33.6 Å². The average molecular weight is 306 g/mol. The molecule has 0 saturated heterocycles. The first-order chi connectivity index (χ1) is 9.95. The lowest BCUT2D eigenvalue weighted by Crippen LogP contribution is -2.27. The highest BCUT2D eigenvalue weighted by atomic mass is 32.1. The summed E-state index contributed by atoms with van der Waals surface area (Å²) in [6.45, 7) is 6.44. The van der Waals surface area contributed by atoms with Gasteiger partial charge in [0.15, 0.2) is 0 Å². The van der Waals surface area contributed by atoms with E-state index in [0.29, 0.717) is 6.04 Å². The first-order valence-corrected chi connectivity index (χ1v) is 8.37. The summed E-state index contributed by atoms with van der Waals surface area (Å²) in [6.07, 6.45) is 1.87. The van der Waals surface area contributed by atoms with E-state index in [2.05, 4.69) is 55.3 Å². The predicted molar refractivity (Wildman–Crippen MR) is 91.1 cm³/mol.